The maximum atomic E-state index is 12.3. The number of nitrogens with one attached hydrogen (secondary N) is 2. The van der Waals surface area contributed by atoms with Crippen LogP contribution in [-0.4, -0.2) is 18.4 Å². The molecule has 0 bridgehead atoms. The van der Waals surface area contributed by atoms with Gasteiger partial charge in [0.2, 0.25) is 5.91 Å². The first-order chi connectivity index (χ1) is 9.74. The fourth-order valence-electron chi connectivity index (χ4n) is 2.81. The normalized spacial score (nSPS) is 18.7. The van der Waals surface area contributed by atoms with Crippen molar-refractivity contribution in [3.05, 3.63) is 18.2 Å². The van der Waals surface area contributed by atoms with Crippen LogP contribution in [0.3, 0.4) is 0 Å². The smallest absolute Gasteiger partial charge is 0.262 e. The van der Waals surface area contributed by atoms with E-state index < -0.39 is 0 Å². The number of hydrogen-bond acceptors (Lipinski definition) is 3. The minimum atomic E-state index is -0.173. The van der Waals surface area contributed by atoms with E-state index in [-0.39, 0.29) is 24.3 Å². The Morgan fingerprint density at radius 2 is 2.05 bits per heavy atom. The Morgan fingerprint density at radius 3 is 2.85 bits per heavy atom. The Morgan fingerprint density at radius 1 is 1.25 bits per heavy atom. The Hall–Kier alpha value is -2.04. The van der Waals surface area contributed by atoms with Gasteiger partial charge in [-0.3, -0.25) is 9.59 Å². The van der Waals surface area contributed by atoms with Gasteiger partial charge in [0.05, 0.1) is 11.4 Å². The van der Waals surface area contributed by atoms with Crippen LogP contribution in [-0.2, 0) is 9.59 Å². The summed E-state index contributed by atoms with van der Waals surface area (Å²) in [5.41, 5.74) is 1.25. The number of benzene rings is 1. The third-order valence-electron chi connectivity index (χ3n) is 3.87. The van der Waals surface area contributed by atoms with Crippen molar-refractivity contribution < 1.29 is 14.3 Å². The molecule has 1 fully saturated rings. The lowest BCUT2D eigenvalue weighted by Gasteiger charge is -2.24. The SMILES string of the molecule is O=C1COc2c(cccc2NC(=O)C2CCCCC2)N1. The Balaban J connectivity index is 1.75. The summed E-state index contributed by atoms with van der Waals surface area (Å²) in [4.78, 5) is 23.5. The molecule has 106 valence electrons. The summed E-state index contributed by atoms with van der Waals surface area (Å²) in [7, 11) is 0. The maximum absolute atomic E-state index is 12.3. The summed E-state index contributed by atoms with van der Waals surface area (Å²) < 4.78 is 5.43. The van der Waals surface area contributed by atoms with Gasteiger partial charge >= 0.3 is 0 Å². The fraction of sp³-hybridized carbons (Fsp3) is 0.467. The lowest BCUT2D eigenvalue weighted by atomic mass is 9.88. The maximum Gasteiger partial charge on any atom is 0.262 e. The van der Waals surface area contributed by atoms with Crippen molar-refractivity contribution in [3.63, 3.8) is 0 Å². The summed E-state index contributed by atoms with van der Waals surface area (Å²) >= 11 is 0. The van der Waals surface area contributed by atoms with Crippen LogP contribution in [0.15, 0.2) is 18.2 Å². The van der Waals surface area contributed by atoms with Crippen molar-refractivity contribution in [1.29, 1.82) is 0 Å². The highest BCUT2D eigenvalue weighted by atomic mass is 16.5. The van der Waals surface area contributed by atoms with E-state index in [1.807, 2.05) is 0 Å². The first-order valence-corrected chi connectivity index (χ1v) is 7.10. The van der Waals surface area contributed by atoms with Crippen LogP contribution in [0.4, 0.5) is 11.4 Å². The van der Waals surface area contributed by atoms with Gasteiger partial charge in [0.15, 0.2) is 12.4 Å². The van der Waals surface area contributed by atoms with Gasteiger partial charge < -0.3 is 15.4 Å². The van der Waals surface area contributed by atoms with E-state index in [4.69, 9.17) is 4.74 Å². The van der Waals surface area contributed by atoms with Gasteiger partial charge in [0, 0.05) is 5.92 Å². The highest BCUT2D eigenvalue weighted by Crippen LogP contribution is 2.36. The molecule has 0 radical (unpaired) electrons. The molecular formula is C15H18N2O3. The molecule has 1 aromatic rings. The van der Waals surface area contributed by atoms with E-state index in [1.54, 1.807) is 18.2 Å². The van der Waals surface area contributed by atoms with Crippen LogP contribution < -0.4 is 15.4 Å². The largest absolute Gasteiger partial charge is 0.479 e. The van der Waals surface area contributed by atoms with E-state index in [1.165, 1.54) is 6.42 Å². The van der Waals surface area contributed by atoms with Gasteiger partial charge in [-0.25, -0.2) is 0 Å². The predicted octanol–water partition coefficient (Wildman–Crippen LogP) is 2.54. The lowest BCUT2D eigenvalue weighted by molar-refractivity contribution is -0.120. The Labute approximate surface area is 117 Å². The van der Waals surface area contributed by atoms with Crippen LogP contribution in [0, 0.1) is 5.92 Å². The number of hydrogen-bond donors (Lipinski definition) is 2. The van der Waals surface area contributed by atoms with Crippen molar-refractivity contribution >= 4 is 23.2 Å². The van der Waals surface area contributed by atoms with Gasteiger partial charge in [-0.15, -0.1) is 0 Å². The third kappa shape index (κ3) is 2.61. The predicted molar refractivity (Wildman–Crippen MR) is 75.8 cm³/mol. The van der Waals surface area contributed by atoms with E-state index in [0.717, 1.165) is 25.7 Å². The van der Waals surface area contributed by atoms with Crippen LogP contribution in [0.1, 0.15) is 32.1 Å². The summed E-state index contributed by atoms with van der Waals surface area (Å²) in [6, 6.07) is 5.37. The summed E-state index contributed by atoms with van der Waals surface area (Å²) in [5.74, 6) is 0.529. The van der Waals surface area contributed by atoms with Crippen molar-refractivity contribution in [3.8, 4) is 5.75 Å². The minimum Gasteiger partial charge on any atom is -0.479 e. The second-order valence-electron chi connectivity index (χ2n) is 5.34. The molecule has 20 heavy (non-hydrogen) atoms. The molecule has 0 unspecified atom stereocenters. The number of rotatable bonds is 2. The van der Waals surface area contributed by atoms with Gasteiger partial charge in [0.1, 0.15) is 0 Å². The van der Waals surface area contributed by atoms with E-state index in [0.29, 0.717) is 17.1 Å². The van der Waals surface area contributed by atoms with Gasteiger partial charge in [-0.05, 0) is 25.0 Å². The minimum absolute atomic E-state index is 0.0106. The summed E-state index contributed by atoms with van der Waals surface area (Å²) in [6.45, 7) is -0.0106. The molecule has 3 rings (SSSR count). The van der Waals surface area contributed by atoms with Crippen molar-refractivity contribution in [2.24, 2.45) is 5.92 Å². The number of para-hydroxylation sites is 1. The average molecular weight is 274 g/mol. The molecule has 2 aliphatic rings. The molecule has 0 aromatic heterocycles. The van der Waals surface area contributed by atoms with E-state index in [9.17, 15) is 9.59 Å². The van der Waals surface area contributed by atoms with Gasteiger partial charge in [0.25, 0.3) is 5.91 Å². The number of carbonyl (C=O) groups excluding carboxylic acids is 2. The lowest BCUT2D eigenvalue weighted by Crippen LogP contribution is -2.28. The number of amides is 2. The molecule has 1 aliphatic heterocycles. The Kier molecular flexibility index (Phi) is 3.58. The summed E-state index contributed by atoms with van der Waals surface area (Å²) in [5, 5.41) is 5.68. The monoisotopic (exact) mass is 274 g/mol. The zero-order valence-corrected chi connectivity index (χ0v) is 11.3. The fourth-order valence-corrected chi connectivity index (χ4v) is 2.81. The zero-order valence-electron chi connectivity index (χ0n) is 11.3. The molecule has 2 amide bonds. The van der Waals surface area contributed by atoms with Crippen LogP contribution >= 0.6 is 0 Å². The van der Waals surface area contributed by atoms with Crippen LogP contribution in [0.5, 0.6) is 5.75 Å². The standard InChI is InChI=1S/C15H18N2O3/c18-13-9-20-14-11(16-13)7-4-8-12(14)17-15(19)10-5-2-1-3-6-10/h4,7-8,10H,1-3,5-6,9H2,(H,16,18)(H,17,19). The molecule has 5 heteroatoms. The second-order valence-corrected chi connectivity index (χ2v) is 5.34. The van der Waals surface area contributed by atoms with Gasteiger partial charge in [-0.1, -0.05) is 25.3 Å². The van der Waals surface area contributed by atoms with Crippen molar-refractivity contribution in [1.82, 2.24) is 0 Å². The molecule has 1 aliphatic carbocycles. The molecular weight excluding hydrogens is 256 g/mol. The molecule has 2 N–H and O–H groups in total. The third-order valence-corrected chi connectivity index (χ3v) is 3.87. The van der Waals surface area contributed by atoms with Crippen molar-refractivity contribution in [2.45, 2.75) is 32.1 Å². The van der Waals surface area contributed by atoms with E-state index >= 15 is 0 Å². The molecule has 5 nitrogen and oxygen atoms in total. The number of ether oxygens (including phenoxy) is 1. The van der Waals surface area contributed by atoms with Gasteiger partial charge in [-0.2, -0.15) is 0 Å². The summed E-state index contributed by atoms with van der Waals surface area (Å²) in [6.07, 6.45) is 5.38. The van der Waals surface area contributed by atoms with Crippen molar-refractivity contribution in [2.75, 3.05) is 17.2 Å². The van der Waals surface area contributed by atoms with Crippen LogP contribution in [0.25, 0.3) is 0 Å². The first kappa shape index (κ1) is 13.0. The first-order valence-electron chi connectivity index (χ1n) is 7.10. The number of anilines is 2. The molecule has 0 spiro atoms. The molecule has 0 saturated heterocycles. The number of fused-ring (bicyclic) bond motifs is 1. The molecule has 1 aromatic carbocycles. The average Bonchev–Trinajstić information content (AvgIpc) is 2.48. The quantitative estimate of drug-likeness (QED) is 0.870. The second kappa shape index (κ2) is 5.53. The zero-order chi connectivity index (χ0) is 13.9. The topological polar surface area (TPSA) is 67.4 Å². The molecule has 1 saturated carbocycles. The highest BCUT2D eigenvalue weighted by Gasteiger charge is 2.24. The van der Waals surface area contributed by atoms with E-state index in [2.05, 4.69) is 10.6 Å². The molecule has 0 atom stereocenters. The highest BCUT2D eigenvalue weighted by molar-refractivity contribution is 6.00. The van der Waals surface area contributed by atoms with Crippen LogP contribution in [0.2, 0.25) is 0 Å². The molecule has 1 heterocycles. The number of carbonyl (C=O) groups is 2. The Bertz CT molecular complexity index is 536.